The van der Waals surface area contributed by atoms with Gasteiger partial charge in [0.1, 0.15) is 5.82 Å². The number of aromatic amines is 1. The molecule has 0 atom stereocenters. The van der Waals surface area contributed by atoms with Crippen LogP contribution in [0.5, 0.6) is 0 Å². The lowest BCUT2D eigenvalue weighted by Gasteiger charge is -2.21. The Hall–Kier alpha value is -3.49. The number of nitrogens with one attached hydrogen (secondary N) is 1. The number of hydrogen-bond acceptors (Lipinski definition) is 4. The smallest absolute Gasteiger partial charge is 0.369 e. The van der Waals surface area contributed by atoms with Gasteiger partial charge in [-0.05, 0) is 42.7 Å². The van der Waals surface area contributed by atoms with Gasteiger partial charge in [0.15, 0.2) is 0 Å². The Morgan fingerprint density at radius 1 is 1.12 bits per heavy atom. The predicted octanol–water partition coefficient (Wildman–Crippen LogP) is 4.52. The third kappa shape index (κ3) is 5.66. The second kappa shape index (κ2) is 9.17. The van der Waals surface area contributed by atoms with Crippen molar-refractivity contribution in [2.75, 3.05) is 0 Å². The van der Waals surface area contributed by atoms with Gasteiger partial charge in [0.05, 0.1) is 11.3 Å². The molecular formula is C24H25F3N4O2. The largest absolute Gasteiger partial charge is 0.417 e. The van der Waals surface area contributed by atoms with Gasteiger partial charge in [-0.3, -0.25) is 14.6 Å². The van der Waals surface area contributed by atoms with Crippen LogP contribution in [0.15, 0.2) is 47.4 Å². The molecule has 2 aromatic heterocycles. The lowest BCUT2D eigenvalue weighted by molar-refractivity contribution is -0.137. The van der Waals surface area contributed by atoms with Gasteiger partial charge in [0, 0.05) is 34.5 Å². The van der Waals surface area contributed by atoms with Gasteiger partial charge >= 0.3 is 6.18 Å². The summed E-state index contributed by atoms with van der Waals surface area (Å²) < 4.78 is 41.3. The maximum atomic E-state index is 13.8. The van der Waals surface area contributed by atoms with Crippen molar-refractivity contribution >= 4 is 5.91 Å². The van der Waals surface area contributed by atoms with Gasteiger partial charge in [-0.2, -0.15) is 13.2 Å². The fourth-order valence-electron chi connectivity index (χ4n) is 3.46. The number of H-pyrrole nitrogens is 1. The van der Waals surface area contributed by atoms with Crippen LogP contribution in [0.1, 0.15) is 44.0 Å². The molecule has 0 fully saturated rings. The zero-order valence-corrected chi connectivity index (χ0v) is 18.6. The summed E-state index contributed by atoms with van der Waals surface area (Å²) in [7, 11) is 0. The number of aromatic nitrogens is 3. The van der Waals surface area contributed by atoms with Gasteiger partial charge in [-0.1, -0.05) is 33.3 Å². The summed E-state index contributed by atoms with van der Waals surface area (Å²) in [4.78, 5) is 35.1. The maximum absolute atomic E-state index is 13.8. The second-order valence-corrected chi connectivity index (χ2v) is 8.57. The number of carbonyl (C=O) groups is 1. The molecule has 0 aliphatic rings. The van der Waals surface area contributed by atoms with Crippen LogP contribution < -0.4 is 11.3 Å². The van der Waals surface area contributed by atoms with Crippen molar-refractivity contribution in [2.24, 2.45) is 11.1 Å². The fraction of sp³-hybridized carbons (Fsp3) is 0.333. The molecule has 0 saturated carbocycles. The number of amides is 1. The summed E-state index contributed by atoms with van der Waals surface area (Å²) in [5, 5.41) is 0. The first kappa shape index (κ1) is 24.2. The maximum Gasteiger partial charge on any atom is 0.417 e. The minimum atomic E-state index is -4.68. The molecule has 2 heterocycles. The highest BCUT2D eigenvalue weighted by Crippen LogP contribution is 2.37. The SMILES string of the molecule is CCCc1ccc(-c2cc(=O)[nH]c(-c3cc(CC(C)(C)C(N)=O)ccc3C(F)(F)F)n2)cn1. The van der Waals surface area contributed by atoms with E-state index in [-0.39, 0.29) is 23.5 Å². The van der Waals surface area contributed by atoms with E-state index in [9.17, 15) is 22.8 Å². The molecule has 6 nitrogen and oxygen atoms in total. The average Bonchev–Trinajstić information content (AvgIpc) is 2.73. The fourth-order valence-corrected chi connectivity index (χ4v) is 3.46. The van der Waals surface area contributed by atoms with E-state index in [1.54, 1.807) is 32.2 Å². The van der Waals surface area contributed by atoms with E-state index >= 15 is 0 Å². The molecule has 0 aliphatic heterocycles. The summed E-state index contributed by atoms with van der Waals surface area (Å²) in [6.45, 7) is 5.25. The van der Waals surface area contributed by atoms with E-state index < -0.39 is 28.6 Å². The van der Waals surface area contributed by atoms with Crippen LogP contribution in [0.2, 0.25) is 0 Å². The lowest BCUT2D eigenvalue weighted by atomic mass is 9.84. The van der Waals surface area contributed by atoms with E-state index in [1.165, 1.54) is 18.2 Å². The summed E-state index contributed by atoms with van der Waals surface area (Å²) in [6.07, 6.45) is -1.29. The van der Waals surface area contributed by atoms with Crippen LogP contribution in [0.25, 0.3) is 22.6 Å². The molecule has 0 spiro atoms. The number of nitrogens with zero attached hydrogens (tertiary/aromatic N) is 2. The molecule has 3 rings (SSSR count). The molecule has 3 aromatic rings. The number of primary amides is 1. The molecule has 174 valence electrons. The molecule has 9 heteroatoms. The Labute approximate surface area is 189 Å². The van der Waals surface area contributed by atoms with Gasteiger partial charge in [0.2, 0.25) is 5.91 Å². The lowest BCUT2D eigenvalue weighted by Crippen LogP contribution is -2.33. The third-order valence-corrected chi connectivity index (χ3v) is 5.33. The molecule has 1 aromatic carbocycles. The summed E-state index contributed by atoms with van der Waals surface area (Å²) in [5.74, 6) is -0.794. The molecule has 0 aliphatic carbocycles. The molecule has 0 unspecified atom stereocenters. The number of nitrogens with two attached hydrogens (primary N) is 1. The zero-order chi connectivity index (χ0) is 24.4. The van der Waals surface area contributed by atoms with Crippen LogP contribution in [0.3, 0.4) is 0 Å². The highest BCUT2D eigenvalue weighted by atomic mass is 19.4. The van der Waals surface area contributed by atoms with E-state index in [1.807, 2.05) is 6.92 Å². The topological polar surface area (TPSA) is 102 Å². The van der Waals surface area contributed by atoms with Crippen LogP contribution in [0, 0.1) is 5.41 Å². The van der Waals surface area contributed by atoms with Crippen molar-refractivity contribution in [1.29, 1.82) is 0 Å². The van der Waals surface area contributed by atoms with Crippen molar-refractivity contribution in [3.05, 3.63) is 69.8 Å². The Morgan fingerprint density at radius 2 is 1.85 bits per heavy atom. The van der Waals surface area contributed by atoms with Gasteiger partial charge < -0.3 is 10.7 Å². The Kier molecular flexibility index (Phi) is 6.71. The zero-order valence-electron chi connectivity index (χ0n) is 18.6. The number of rotatable bonds is 7. The Morgan fingerprint density at radius 3 is 2.42 bits per heavy atom. The van der Waals surface area contributed by atoms with Crippen molar-refractivity contribution in [1.82, 2.24) is 15.0 Å². The van der Waals surface area contributed by atoms with Crippen LogP contribution in [0.4, 0.5) is 13.2 Å². The standard InChI is InChI=1S/C24H25F3N4O2/c1-4-5-16-8-7-15(13-29-16)19-11-20(32)31-21(30-19)17-10-14(12-23(2,3)22(28)33)6-9-18(17)24(25,26)27/h6-11,13H,4-5,12H2,1-3H3,(H2,28,33)(H,30,31,32). The summed E-state index contributed by atoms with van der Waals surface area (Å²) in [5.41, 5.74) is 4.68. The monoisotopic (exact) mass is 458 g/mol. The molecule has 0 saturated heterocycles. The Balaban J connectivity index is 2.13. The minimum absolute atomic E-state index is 0.125. The van der Waals surface area contributed by atoms with Crippen molar-refractivity contribution in [2.45, 2.75) is 46.2 Å². The normalized spacial score (nSPS) is 12.1. The average molecular weight is 458 g/mol. The van der Waals surface area contributed by atoms with E-state index in [2.05, 4.69) is 15.0 Å². The quantitative estimate of drug-likeness (QED) is 0.543. The number of halogens is 3. The van der Waals surface area contributed by atoms with Crippen molar-refractivity contribution < 1.29 is 18.0 Å². The van der Waals surface area contributed by atoms with Gasteiger partial charge in [-0.15, -0.1) is 0 Å². The Bertz CT molecular complexity index is 1220. The number of hydrogen-bond donors (Lipinski definition) is 2. The van der Waals surface area contributed by atoms with Crippen molar-refractivity contribution in [3.8, 4) is 22.6 Å². The van der Waals surface area contributed by atoms with Gasteiger partial charge in [-0.25, -0.2) is 4.98 Å². The van der Waals surface area contributed by atoms with Gasteiger partial charge in [0.25, 0.3) is 5.56 Å². The molecule has 1 amide bonds. The summed E-state index contributed by atoms with van der Waals surface area (Å²) in [6, 6.07) is 8.27. The molecule has 33 heavy (non-hydrogen) atoms. The first-order valence-corrected chi connectivity index (χ1v) is 10.5. The van der Waals surface area contributed by atoms with Crippen molar-refractivity contribution in [3.63, 3.8) is 0 Å². The highest BCUT2D eigenvalue weighted by Gasteiger charge is 2.35. The second-order valence-electron chi connectivity index (χ2n) is 8.57. The number of alkyl halides is 3. The first-order chi connectivity index (χ1) is 15.4. The predicted molar refractivity (Wildman–Crippen MR) is 119 cm³/mol. The first-order valence-electron chi connectivity index (χ1n) is 10.5. The molecular weight excluding hydrogens is 433 g/mol. The number of benzene rings is 1. The molecule has 0 radical (unpaired) electrons. The van der Waals surface area contributed by atoms with E-state index in [0.29, 0.717) is 11.1 Å². The van der Waals surface area contributed by atoms with Crippen LogP contribution in [-0.2, 0) is 23.8 Å². The van der Waals surface area contributed by atoms with E-state index in [4.69, 9.17) is 5.73 Å². The number of carbonyl (C=O) groups excluding carboxylic acids is 1. The van der Waals surface area contributed by atoms with E-state index in [0.717, 1.165) is 24.6 Å². The minimum Gasteiger partial charge on any atom is -0.369 e. The van der Waals surface area contributed by atoms with Crippen LogP contribution >= 0.6 is 0 Å². The third-order valence-electron chi connectivity index (χ3n) is 5.33. The summed E-state index contributed by atoms with van der Waals surface area (Å²) >= 11 is 0. The van der Waals surface area contributed by atoms with Crippen LogP contribution in [-0.4, -0.2) is 20.9 Å². The molecule has 0 bridgehead atoms. The molecule has 3 N–H and O–H groups in total. The highest BCUT2D eigenvalue weighted by molar-refractivity contribution is 5.80. The number of pyridine rings is 1. The number of aryl methyl sites for hydroxylation is 1.